The Kier molecular flexibility index (Phi) is 4.11. The molecule has 0 bridgehead atoms. The van der Waals surface area contributed by atoms with Gasteiger partial charge < -0.3 is 15.4 Å². The first kappa shape index (κ1) is 14.0. The molecule has 2 atom stereocenters. The average molecular weight is 282 g/mol. The summed E-state index contributed by atoms with van der Waals surface area (Å²) in [6, 6.07) is 18.9. The van der Waals surface area contributed by atoms with Gasteiger partial charge in [0.2, 0.25) is 0 Å². The van der Waals surface area contributed by atoms with Gasteiger partial charge in [-0.25, -0.2) is 0 Å². The van der Waals surface area contributed by atoms with E-state index in [0.29, 0.717) is 12.1 Å². The quantitative estimate of drug-likeness (QED) is 0.930. The summed E-state index contributed by atoms with van der Waals surface area (Å²) in [6.07, 6.45) is 2.06. The zero-order valence-electron chi connectivity index (χ0n) is 12.4. The number of piperidine rings is 1. The van der Waals surface area contributed by atoms with Gasteiger partial charge in [-0.15, -0.1) is 0 Å². The van der Waals surface area contributed by atoms with Crippen LogP contribution >= 0.6 is 0 Å². The Morgan fingerprint density at radius 3 is 2.52 bits per heavy atom. The first-order valence-corrected chi connectivity index (χ1v) is 7.58. The van der Waals surface area contributed by atoms with Gasteiger partial charge in [0.25, 0.3) is 0 Å². The van der Waals surface area contributed by atoms with Crippen molar-refractivity contribution in [2.24, 2.45) is 5.73 Å². The molecule has 21 heavy (non-hydrogen) atoms. The predicted molar refractivity (Wildman–Crippen MR) is 87.0 cm³/mol. The molecule has 1 heterocycles. The Morgan fingerprint density at radius 1 is 1.05 bits per heavy atom. The predicted octanol–water partition coefficient (Wildman–Crippen LogP) is 3.79. The third-order valence-corrected chi connectivity index (χ3v) is 4.06. The topological polar surface area (TPSA) is 38.5 Å². The molecule has 2 N–H and O–H groups in total. The normalized spacial score (nSPS) is 22.1. The number of hydrogen-bond acceptors (Lipinski definition) is 3. The van der Waals surface area contributed by atoms with E-state index in [2.05, 4.69) is 24.0 Å². The lowest BCUT2D eigenvalue weighted by Crippen LogP contribution is -2.45. The second-order valence-electron chi connectivity index (χ2n) is 5.71. The molecule has 1 fully saturated rings. The number of benzene rings is 2. The van der Waals surface area contributed by atoms with E-state index < -0.39 is 0 Å². The van der Waals surface area contributed by atoms with Crippen LogP contribution in [0, 0.1) is 0 Å². The monoisotopic (exact) mass is 282 g/mol. The first-order chi connectivity index (χ1) is 10.2. The number of nitrogens with zero attached hydrogens (tertiary/aromatic N) is 1. The van der Waals surface area contributed by atoms with E-state index in [0.717, 1.165) is 36.6 Å². The van der Waals surface area contributed by atoms with E-state index in [1.54, 1.807) is 0 Å². The van der Waals surface area contributed by atoms with Crippen LogP contribution in [0.4, 0.5) is 5.69 Å². The molecule has 2 aromatic carbocycles. The minimum absolute atomic E-state index is 0.318. The first-order valence-electron chi connectivity index (χ1n) is 7.58. The zero-order chi connectivity index (χ0) is 14.7. The maximum Gasteiger partial charge on any atom is 0.150 e. The van der Waals surface area contributed by atoms with Gasteiger partial charge in [0.1, 0.15) is 5.75 Å². The van der Waals surface area contributed by atoms with E-state index in [1.807, 2.05) is 42.5 Å². The lowest BCUT2D eigenvalue weighted by atomic mass is 9.98. The highest BCUT2D eigenvalue weighted by Crippen LogP contribution is 2.35. The van der Waals surface area contributed by atoms with Crippen LogP contribution in [0.5, 0.6) is 11.5 Å². The van der Waals surface area contributed by atoms with Crippen molar-refractivity contribution in [2.45, 2.75) is 31.8 Å². The van der Waals surface area contributed by atoms with E-state index in [1.165, 1.54) is 0 Å². The fourth-order valence-corrected chi connectivity index (χ4v) is 2.96. The van der Waals surface area contributed by atoms with E-state index in [9.17, 15) is 0 Å². The fraction of sp³-hybridized carbons (Fsp3) is 0.333. The number of ether oxygens (including phenoxy) is 1. The van der Waals surface area contributed by atoms with Crippen molar-refractivity contribution in [3.05, 3.63) is 54.6 Å². The summed E-state index contributed by atoms with van der Waals surface area (Å²) in [5, 5.41) is 0. The molecule has 2 unspecified atom stereocenters. The van der Waals surface area contributed by atoms with Gasteiger partial charge in [0.15, 0.2) is 5.75 Å². The van der Waals surface area contributed by atoms with Crippen molar-refractivity contribution in [1.29, 1.82) is 0 Å². The van der Waals surface area contributed by atoms with Crippen LogP contribution in [0.25, 0.3) is 0 Å². The van der Waals surface area contributed by atoms with Gasteiger partial charge >= 0.3 is 0 Å². The summed E-state index contributed by atoms with van der Waals surface area (Å²) in [5.74, 6) is 1.78. The molecule has 1 aliphatic heterocycles. The van der Waals surface area contributed by atoms with Gasteiger partial charge in [-0.2, -0.15) is 0 Å². The minimum atomic E-state index is 0.318. The molecule has 0 aromatic heterocycles. The van der Waals surface area contributed by atoms with Crippen LogP contribution in [-0.4, -0.2) is 18.6 Å². The largest absolute Gasteiger partial charge is 0.455 e. The lowest BCUT2D eigenvalue weighted by Gasteiger charge is -2.38. The molecule has 3 heteroatoms. The van der Waals surface area contributed by atoms with Crippen LogP contribution in [0.2, 0.25) is 0 Å². The van der Waals surface area contributed by atoms with E-state index in [4.69, 9.17) is 10.5 Å². The molecule has 1 saturated heterocycles. The van der Waals surface area contributed by atoms with Crippen molar-refractivity contribution in [3.8, 4) is 11.5 Å². The SMILES string of the molecule is CC1CC(N)CCN1c1ccccc1Oc1ccccc1. The molecule has 3 rings (SSSR count). The number of para-hydroxylation sites is 3. The molecular formula is C18H22N2O. The molecule has 0 saturated carbocycles. The molecule has 0 aliphatic carbocycles. The van der Waals surface area contributed by atoms with Gasteiger partial charge in [-0.05, 0) is 44.0 Å². The van der Waals surface area contributed by atoms with Gasteiger partial charge in [0.05, 0.1) is 5.69 Å². The molecule has 0 spiro atoms. The van der Waals surface area contributed by atoms with Crippen molar-refractivity contribution in [3.63, 3.8) is 0 Å². The maximum atomic E-state index is 6.07. The Bertz CT molecular complexity index is 585. The Labute approximate surface area is 126 Å². The van der Waals surface area contributed by atoms with Gasteiger partial charge in [-0.1, -0.05) is 30.3 Å². The number of rotatable bonds is 3. The van der Waals surface area contributed by atoms with Crippen molar-refractivity contribution < 1.29 is 4.74 Å². The fourth-order valence-electron chi connectivity index (χ4n) is 2.96. The van der Waals surface area contributed by atoms with Crippen LogP contribution in [0.1, 0.15) is 19.8 Å². The third-order valence-electron chi connectivity index (χ3n) is 4.06. The molecule has 2 aromatic rings. The highest BCUT2D eigenvalue weighted by molar-refractivity contribution is 5.60. The smallest absolute Gasteiger partial charge is 0.150 e. The summed E-state index contributed by atoms with van der Waals surface area (Å²) in [4.78, 5) is 2.40. The number of nitrogens with two attached hydrogens (primary N) is 1. The molecule has 110 valence electrons. The second-order valence-corrected chi connectivity index (χ2v) is 5.71. The maximum absolute atomic E-state index is 6.07. The molecule has 0 radical (unpaired) electrons. The van der Waals surface area contributed by atoms with Crippen molar-refractivity contribution >= 4 is 5.69 Å². The van der Waals surface area contributed by atoms with Crippen molar-refractivity contribution in [2.75, 3.05) is 11.4 Å². The Balaban J connectivity index is 1.86. The summed E-state index contributed by atoms with van der Waals surface area (Å²) in [5.41, 5.74) is 7.22. The molecule has 3 nitrogen and oxygen atoms in total. The third kappa shape index (κ3) is 3.19. The highest BCUT2D eigenvalue weighted by Gasteiger charge is 2.25. The highest BCUT2D eigenvalue weighted by atomic mass is 16.5. The Morgan fingerprint density at radius 2 is 1.76 bits per heavy atom. The van der Waals surface area contributed by atoms with Gasteiger partial charge in [-0.3, -0.25) is 0 Å². The second kappa shape index (κ2) is 6.19. The van der Waals surface area contributed by atoms with Crippen LogP contribution in [-0.2, 0) is 0 Å². The van der Waals surface area contributed by atoms with E-state index in [-0.39, 0.29) is 0 Å². The lowest BCUT2D eigenvalue weighted by molar-refractivity contribution is 0.420. The van der Waals surface area contributed by atoms with Gasteiger partial charge in [0, 0.05) is 18.6 Å². The number of hydrogen-bond donors (Lipinski definition) is 1. The van der Waals surface area contributed by atoms with Crippen LogP contribution in [0.15, 0.2) is 54.6 Å². The molecule has 1 aliphatic rings. The summed E-state index contributed by atoms with van der Waals surface area (Å²) >= 11 is 0. The van der Waals surface area contributed by atoms with Crippen LogP contribution in [0.3, 0.4) is 0 Å². The van der Waals surface area contributed by atoms with Crippen molar-refractivity contribution in [1.82, 2.24) is 0 Å². The zero-order valence-corrected chi connectivity index (χ0v) is 12.4. The summed E-state index contributed by atoms with van der Waals surface area (Å²) < 4.78 is 6.06. The van der Waals surface area contributed by atoms with E-state index >= 15 is 0 Å². The standard InChI is InChI=1S/C18H22N2O/c1-14-13-15(19)11-12-20(14)17-9-5-6-10-18(17)21-16-7-3-2-4-8-16/h2-10,14-15H,11-13,19H2,1H3. The summed E-state index contributed by atoms with van der Waals surface area (Å²) in [6.45, 7) is 3.22. The number of anilines is 1. The Hall–Kier alpha value is -2.00. The molecule has 0 amide bonds. The van der Waals surface area contributed by atoms with Crippen LogP contribution < -0.4 is 15.4 Å². The molecular weight excluding hydrogens is 260 g/mol. The summed E-state index contributed by atoms with van der Waals surface area (Å²) in [7, 11) is 0. The average Bonchev–Trinajstić information content (AvgIpc) is 2.49. The minimum Gasteiger partial charge on any atom is -0.455 e.